The standard InChI is InChI=1S/C41H59N5O11/c1-26(4-13-37(49)56-23-22-55-21-20-54-19-18-43-45-42)32-11-12-33-31-10-7-28-24-30(14-16-40(28,2)34(31)15-17-41(32,33)3)57-39(51)35(25-36(47)48)44-38(50)27-5-8-29(9-6-27)46(52)53/h5-6,8-9,26,28,30-35H,4,7,10-25H2,1-3H3,(H,44,50)(H,47,48)/t26?,28-,30-,31+,32?,33+,34+,35?,40+,41-/m1/s1. The quantitative estimate of drug-likeness (QED) is 0.0258. The zero-order valence-electron chi connectivity index (χ0n) is 33.5. The van der Waals surface area contributed by atoms with Crippen LogP contribution in [0.15, 0.2) is 29.4 Å². The predicted octanol–water partition coefficient (Wildman–Crippen LogP) is 7.04. The number of amides is 1. The Balaban J connectivity index is 1.08. The van der Waals surface area contributed by atoms with Crippen LogP contribution >= 0.6 is 0 Å². The molecule has 1 amide bonds. The van der Waals surface area contributed by atoms with Crippen molar-refractivity contribution in [2.24, 2.45) is 51.5 Å². The highest BCUT2D eigenvalue weighted by Gasteiger charge is 2.60. The average Bonchev–Trinajstić information content (AvgIpc) is 3.54. The summed E-state index contributed by atoms with van der Waals surface area (Å²) >= 11 is 0. The number of nitro benzene ring substituents is 1. The van der Waals surface area contributed by atoms with Crippen molar-refractivity contribution in [2.75, 3.05) is 39.6 Å². The van der Waals surface area contributed by atoms with E-state index < -0.39 is 35.2 Å². The fourth-order valence-corrected chi connectivity index (χ4v) is 11.2. The van der Waals surface area contributed by atoms with Crippen LogP contribution in [0.1, 0.15) is 108 Å². The number of aliphatic carboxylic acids is 1. The van der Waals surface area contributed by atoms with E-state index in [-0.39, 0.29) is 47.3 Å². The molecule has 4 fully saturated rings. The Morgan fingerprint density at radius 2 is 1.65 bits per heavy atom. The maximum absolute atomic E-state index is 13.3. The highest BCUT2D eigenvalue weighted by atomic mass is 16.6. The SMILES string of the molecule is CC(CCC(=O)OCCOCCOCCN=[N+]=[N-])C1CC[C@H]2[C@@H]3CC[C@@H]4C[C@H](OC(=O)C(CC(=O)O)NC(=O)c5ccc([N+](=O)[O-])cc5)CC[C@]4(C)[C@H]3CC[C@]12C. The second-order valence-electron chi connectivity index (χ2n) is 17.1. The Bertz CT molecular complexity index is 1640. The lowest BCUT2D eigenvalue weighted by molar-refractivity contribution is -0.384. The number of nitrogens with one attached hydrogen (secondary N) is 1. The summed E-state index contributed by atoms with van der Waals surface area (Å²) in [5.41, 5.74) is 8.49. The smallest absolute Gasteiger partial charge is 0.329 e. The van der Waals surface area contributed by atoms with Gasteiger partial charge in [-0.1, -0.05) is 25.9 Å². The van der Waals surface area contributed by atoms with Gasteiger partial charge >= 0.3 is 17.9 Å². The number of nitro groups is 1. The van der Waals surface area contributed by atoms with E-state index in [0.29, 0.717) is 81.2 Å². The average molecular weight is 798 g/mol. The number of ether oxygens (including phenoxy) is 4. The molecule has 4 aliphatic carbocycles. The molecule has 5 rings (SSSR count). The van der Waals surface area contributed by atoms with Crippen LogP contribution < -0.4 is 5.32 Å². The Kier molecular flexibility index (Phi) is 15.3. The molecule has 4 aliphatic rings. The van der Waals surface area contributed by atoms with Gasteiger partial charge in [-0.3, -0.25) is 24.5 Å². The molecule has 16 heteroatoms. The van der Waals surface area contributed by atoms with Gasteiger partial charge in [-0.15, -0.1) is 0 Å². The molecule has 10 atom stereocenters. The number of carbonyl (C=O) groups is 4. The maximum Gasteiger partial charge on any atom is 0.329 e. The van der Waals surface area contributed by atoms with Crippen LogP contribution in [0, 0.1) is 56.5 Å². The molecule has 0 saturated heterocycles. The van der Waals surface area contributed by atoms with E-state index in [9.17, 15) is 34.4 Å². The molecule has 0 radical (unpaired) electrons. The van der Waals surface area contributed by atoms with Gasteiger partial charge in [0.2, 0.25) is 0 Å². The summed E-state index contributed by atoms with van der Waals surface area (Å²) in [6.45, 7) is 9.11. The first-order valence-electron chi connectivity index (χ1n) is 20.6. The molecule has 0 bridgehead atoms. The summed E-state index contributed by atoms with van der Waals surface area (Å²) in [6.07, 6.45) is 9.37. The molecule has 2 N–H and O–H groups in total. The normalized spacial score (nSPS) is 29.9. The van der Waals surface area contributed by atoms with Gasteiger partial charge in [0.15, 0.2) is 0 Å². The number of hydrogen-bond acceptors (Lipinski definition) is 11. The minimum absolute atomic E-state index is 0.0691. The maximum atomic E-state index is 13.3. The third-order valence-corrected chi connectivity index (χ3v) is 14.0. The number of nitrogens with zero attached hydrogens (tertiary/aromatic N) is 4. The van der Waals surface area contributed by atoms with Gasteiger partial charge in [0.1, 0.15) is 18.8 Å². The number of hydrogen-bond donors (Lipinski definition) is 2. The third kappa shape index (κ3) is 10.8. The Hall–Kier alpha value is -4.27. The van der Waals surface area contributed by atoms with Crippen LogP contribution in [0.5, 0.6) is 0 Å². The largest absolute Gasteiger partial charge is 0.481 e. The molecule has 4 saturated carbocycles. The molecular weight excluding hydrogens is 738 g/mol. The van der Waals surface area contributed by atoms with Gasteiger partial charge in [-0.25, -0.2) is 4.79 Å². The Morgan fingerprint density at radius 1 is 0.965 bits per heavy atom. The first-order valence-corrected chi connectivity index (χ1v) is 20.6. The number of fused-ring (bicyclic) bond motifs is 5. The van der Waals surface area contributed by atoms with Crippen molar-refractivity contribution in [2.45, 2.75) is 110 Å². The van der Waals surface area contributed by atoms with Gasteiger partial charge in [0.25, 0.3) is 11.6 Å². The molecule has 0 aromatic heterocycles. The van der Waals surface area contributed by atoms with Crippen LogP contribution in [0.3, 0.4) is 0 Å². The first kappa shape index (κ1) is 43.8. The number of azide groups is 1. The molecule has 0 aliphatic heterocycles. The van der Waals surface area contributed by atoms with E-state index in [2.05, 4.69) is 36.1 Å². The van der Waals surface area contributed by atoms with E-state index in [1.807, 2.05) is 0 Å². The van der Waals surface area contributed by atoms with Crippen molar-refractivity contribution in [3.8, 4) is 0 Å². The van der Waals surface area contributed by atoms with Gasteiger partial charge in [0, 0.05) is 35.6 Å². The second kappa shape index (κ2) is 19.9. The summed E-state index contributed by atoms with van der Waals surface area (Å²) in [5, 5.41) is 26.4. The highest BCUT2D eigenvalue weighted by Crippen LogP contribution is 2.68. The van der Waals surface area contributed by atoms with Gasteiger partial charge in [-0.05, 0) is 128 Å². The van der Waals surface area contributed by atoms with E-state index in [4.69, 9.17) is 24.5 Å². The van der Waals surface area contributed by atoms with Crippen molar-refractivity contribution >= 4 is 29.5 Å². The van der Waals surface area contributed by atoms with Crippen molar-refractivity contribution in [1.29, 1.82) is 0 Å². The molecule has 3 unspecified atom stereocenters. The number of carboxylic acid groups (broad SMARTS) is 1. The lowest BCUT2D eigenvalue weighted by atomic mass is 9.44. The molecule has 0 spiro atoms. The molecular formula is C41H59N5O11. The summed E-state index contributed by atoms with van der Waals surface area (Å²) < 4.78 is 22.1. The van der Waals surface area contributed by atoms with Crippen LogP contribution in [0.4, 0.5) is 5.69 Å². The van der Waals surface area contributed by atoms with Gasteiger partial charge in [-0.2, -0.15) is 0 Å². The van der Waals surface area contributed by atoms with Crippen LogP contribution in [0.2, 0.25) is 0 Å². The predicted molar refractivity (Wildman–Crippen MR) is 207 cm³/mol. The molecule has 1 aromatic carbocycles. The Morgan fingerprint density at radius 3 is 2.35 bits per heavy atom. The number of carbonyl (C=O) groups excluding carboxylic acids is 3. The van der Waals surface area contributed by atoms with E-state index in [0.717, 1.165) is 38.5 Å². The first-order chi connectivity index (χ1) is 27.3. The van der Waals surface area contributed by atoms with Crippen LogP contribution in [-0.2, 0) is 33.3 Å². The summed E-state index contributed by atoms with van der Waals surface area (Å²) in [5.74, 6) is 0.243. The lowest BCUT2D eigenvalue weighted by Gasteiger charge is -2.61. The zero-order chi connectivity index (χ0) is 41.2. The number of carboxylic acids is 1. The molecule has 57 heavy (non-hydrogen) atoms. The summed E-state index contributed by atoms with van der Waals surface area (Å²) in [4.78, 5) is 63.5. The third-order valence-electron chi connectivity index (χ3n) is 14.0. The van der Waals surface area contributed by atoms with Crippen LogP contribution in [0.25, 0.3) is 10.4 Å². The number of rotatable bonds is 20. The van der Waals surface area contributed by atoms with E-state index in [1.54, 1.807) is 0 Å². The van der Waals surface area contributed by atoms with Crippen molar-refractivity contribution in [3.63, 3.8) is 0 Å². The molecule has 1 aromatic rings. The lowest BCUT2D eigenvalue weighted by Crippen LogP contribution is -2.54. The summed E-state index contributed by atoms with van der Waals surface area (Å²) in [7, 11) is 0. The van der Waals surface area contributed by atoms with Crippen LogP contribution in [-0.4, -0.2) is 85.6 Å². The topological polar surface area (TPSA) is 229 Å². The fourth-order valence-electron chi connectivity index (χ4n) is 11.2. The van der Waals surface area contributed by atoms with Gasteiger partial charge in [0.05, 0.1) is 37.8 Å². The fraction of sp³-hybridized carbons (Fsp3) is 0.756. The molecule has 16 nitrogen and oxygen atoms in total. The number of esters is 2. The minimum Gasteiger partial charge on any atom is -0.481 e. The van der Waals surface area contributed by atoms with Crippen molar-refractivity contribution < 1.29 is 48.2 Å². The number of non-ortho nitro benzene ring substituents is 1. The second-order valence-corrected chi connectivity index (χ2v) is 17.1. The van der Waals surface area contributed by atoms with Gasteiger partial charge < -0.3 is 29.4 Å². The van der Waals surface area contributed by atoms with E-state index >= 15 is 0 Å². The van der Waals surface area contributed by atoms with E-state index in [1.165, 1.54) is 37.1 Å². The summed E-state index contributed by atoms with van der Waals surface area (Å²) in [6, 6.07) is 3.47. The molecule has 0 heterocycles. The Labute approximate surface area is 333 Å². The monoisotopic (exact) mass is 797 g/mol. The molecule has 314 valence electrons. The number of benzene rings is 1. The zero-order valence-corrected chi connectivity index (χ0v) is 33.5. The minimum atomic E-state index is -1.39. The highest BCUT2D eigenvalue weighted by molar-refractivity contribution is 5.97. The van der Waals surface area contributed by atoms with Crippen molar-refractivity contribution in [3.05, 3.63) is 50.4 Å². The van der Waals surface area contributed by atoms with Crippen molar-refractivity contribution in [1.82, 2.24) is 5.32 Å².